The minimum absolute atomic E-state index is 0.0819. The van der Waals surface area contributed by atoms with Gasteiger partial charge in [-0.3, -0.25) is 14.2 Å². The Balaban J connectivity index is 2.24. The first kappa shape index (κ1) is 17.1. The molecule has 0 aliphatic rings. The predicted octanol–water partition coefficient (Wildman–Crippen LogP) is 1.03. The topological polar surface area (TPSA) is 116 Å². The van der Waals surface area contributed by atoms with Crippen molar-refractivity contribution >= 4 is 23.6 Å². The van der Waals surface area contributed by atoms with Crippen LogP contribution in [0.15, 0.2) is 28.0 Å². The van der Waals surface area contributed by atoms with Gasteiger partial charge in [0.05, 0.1) is 11.5 Å². The first-order valence-electron chi connectivity index (χ1n) is 7.22. The van der Waals surface area contributed by atoms with Crippen LogP contribution >= 0.6 is 11.8 Å². The van der Waals surface area contributed by atoms with E-state index in [0.717, 1.165) is 0 Å². The fourth-order valence-electron chi connectivity index (χ4n) is 1.92. The molecule has 124 valence electrons. The van der Waals surface area contributed by atoms with Crippen molar-refractivity contribution in [3.63, 3.8) is 0 Å². The van der Waals surface area contributed by atoms with Crippen LogP contribution in [0.2, 0.25) is 0 Å². The summed E-state index contributed by atoms with van der Waals surface area (Å²) >= 11 is 1.27. The second-order valence-electron chi connectivity index (χ2n) is 4.81. The summed E-state index contributed by atoms with van der Waals surface area (Å²) in [7, 11) is 0. The molecule has 2 heterocycles. The smallest absolute Gasteiger partial charge is 0.233 e. The highest BCUT2D eigenvalue weighted by molar-refractivity contribution is 8.00. The normalized spacial score (nSPS) is 12.1. The van der Waals surface area contributed by atoms with Crippen molar-refractivity contribution in [1.29, 1.82) is 0 Å². The van der Waals surface area contributed by atoms with Crippen molar-refractivity contribution in [2.75, 3.05) is 6.54 Å². The van der Waals surface area contributed by atoms with Crippen LogP contribution < -0.4 is 11.1 Å². The van der Waals surface area contributed by atoms with E-state index in [2.05, 4.69) is 15.5 Å². The molecule has 0 saturated carbocycles. The van der Waals surface area contributed by atoms with Crippen LogP contribution in [0.5, 0.6) is 0 Å². The summed E-state index contributed by atoms with van der Waals surface area (Å²) in [6, 6.07) is 3.50. The maximum atomic E-state index is 11.9. The SMILES string of the molecule is CCNC(=O)[C@@H](C)Sc1nnc(-c2ccco2)n1CCC(N)=O. The lowest BCUT2D eigenvalue weighted by Crippen LogP contribution is -2.30. The van der Waals surface area contributed by atoms with Gasteiger partial charge >= 0.3 is 0 Å². The van der Waals surface area contributed by atoms with E-state index in [4.69, 9.17) is 10.2 Å². The minimum atomic E-state index is -0.420. The summed E-state index contributed by atoms with van der Waals surface area (Å²) in [4.78, 5) is 23.0. The highest BCUT2D eigenvalue weighted by atomic mass is 32.2. The Kier molecular flexibility index (Phi) is 5.80. The molecule has 2 aromatic rings. The molecule has 0 radical (unpaired) electrons. The van der Waals surface area contributed by atoms with Gasteiger partial charge in [0.15, 0.2) is 16.7 Å². The van der Waals surface area contributed by atoms with Gasteiger partial charge in [0, 0.05) is 19.5 Å². The fourth-order valence-corrected chi connectivity index (χ4v) is 2.82. The number of carbonyl (C=O) groups excluding carboxylic acids is 2. The molecule has 0 unspecified atom stereocenters. The third-order valence-corrected chi connectivity index (χ3v) is 4.12. The van der Waals surface area contributed by atoms with Gasteiger partial charge in [-0.05, 0) is 26.0 Å². The van der Waals surface area contributed by atoms with Crippen LogP contribution in [-0.2, 0) is 16.1 Å². The molecule has 0 aliphatic carbocycles. The number of primary amides is 1. The van der Waals surface area contributed by atoms with E-state index >= 15 is 0 Å². The largest absolute Gasteiger partial charge is 0.461 e. The highest BCUT2D eigenvalue weighted by Gasteiger charge is 2.21. The van der Waals surface area contributed by atoms with Crippen molar-refractivity contribution in [1.82, 2.24) is 20.1 Å². The van der Waals surface area contributed by atoms with E-state index in [9.17, 15) is 9.59 Å². The van der Waals surface area contributed by atoms with Crippen LogP contribution in [0.1, 0.15) is 20.3 Å². The molecular weight excluding hydrogens is 318 g/mol. The number of nitrogens with zero attached hydrogens (tertiary/aromatic N) is 3. The molecule has 2 rings (SSSR count). The maximum absolute atomic E-state index is 11.9. The second-order valence-corrected chi connectivity index (χ2v) is 6.11. The summed E-state index contributed by atoms with van der Waals surface area (Å²) in [6.07, 6.45) is 1.68. The van der Waals surface area contributed by atoms with Crippen molar-refractivity contribution in [2.45, 2.75) is 37.2 Å². The molecule has 0 spiro atoms. The lowest BCUT2D eigenvalue weighted by Gasteiger charge is -2.12. The quantitative estimate of drug-likeness (QED) is 0.695. The van der Waals surface area contributed by atoms with Gasteiger partial charge in [-0.25, -0.2) is 0 Å². The lowest BCUT2D eigenvalue weighted by atomic mass is 10.3. The number of hydrogen-bond acceptors (Lipinski definition) is 6. The standard InChI is InChI=1S/C14H19N5O3S/c1-3-16-13(21)9(2)23-14-18-17-12(10-5-4-8-22-10)19(14)7-6-11(15)20/h4-5,8-9H,3,6-7H2,1-2H3,(H2,15,20)(H,16,21)/t9-/m1/s1. The van der Waals surface area contributed by atoms with Gasteiger partial charge in [-0.2, -0.15) is 0 Å². The Morgan fingerprint density at radius 1 is 1.48 bits per heavy atom. The minimum Gasteiger partial charge on any atom is -0.461 e. The van der Waals surface area contributed by atoms with Gasteiger partial charge in [-0.1, -0.05) is 11.8 Å². The van der Waals surface area contributed by atoms with Crippen molar-refractivity contribution in [3.05, 3.63) is 18.4 Å². The van der Waals surface area contributed by atoms with Crippen molar-refractivity contribution in [3.8, 4) is 11.6 Å². The number of hydrogen-bond donors (Lipinski definition) is 2. The van der Waals surface area contributed by atoms with Crippen LogP contribution in [0.4, 0.5) is 0 Å². The first-order valence-corrected chi connectivity index (χ1v) is 8.10. The summed E-state index contributed by atoms with van der Waals surface area (Å²) < 4.78 is 7.08. The van der Waals surface area contributed by atoms with Crippen LogP contribution in [0, 0.1) is 0 Å². The summed E-state index contributed by atoms with van der Waals surface area (Å²) in [5, 5.41) is 11.2. The van der Waals surface area contributed by atoms with Crippen LogP contribution in [0.3, 0.4) is 0 Å². The van der Waals surface area contributed by atoms with Crippen LogP contribution in [0.25, 0.3) is 11.6 Å². The molecule has 2 amide bonds. The number of thioether (sulfide) groups is 1. The van der Waals surface area contributed by atoms with Gasteiger partial charge in [-0.15, -0.1) is 10.2 Å². The molecule has 0 saturated heterocycles. The fraction of sp³-hybridized carbons (Fsp3) is 0.429. The number of furan rings is 1. The average Bonchev–Trinajstić information content (AvgIpc) is 3.14. The summed E-state index contributed by atoms with van der Waals surface area (Å²) in [5.41, 5.74) is 5.23. The Morgan fingerprint density at radius 3 is 2.87 bits per heavy atom. The Bertz CT molecular complexity index is 668. The number of nitrogens with two attached hydrogens (primary N) is 1. The van der Waals surface area contributed by atoms with E-state index in [0.29, 0.717) is 29.8 Å². The molecule has 1 atom stereocenters. The molecule has 0 fully saturated rings. The zero-order valence-electron chi connectivity index (χ0n) is 13.0. The molecule has 9 heteroatoms. The zero-order valence-corrected chi connectivity index (χ0v) is 13.8. The number of rotatable bonds is 8. The summed E-state index contributed by atoms with van der Waals surface area (Å²) in [6.45, 7) is 4.54. The summed E-state index contributed by atoms with van der Waals surface area (Å²) in [5.74, 6) is 0.541. The molecule has 8 nitrogen and oxygen atoms in total. The Hall–Kier alpha value is -2.29. The molecule has 0 aromatic carbocycles. The van der Waals surface area contributed by atoms with Gasteiger partial charge in [0.25, 0.3) is 0 Å². The molecule has 0 aliphatic heterocycles. The van der Waals surface area contributed by atoms with E-state index in [1.165, 1.54) is 18.0 Å². The second kappa shape index (κ2) is 7.82. The Labute approximate surface area is 137 Å². The highest BCUT2D eigenvalue weighted by Crippen LogP contribution is 2.27. The van der Waals surface area contributed by atoms with Crippen molar-refractivity contribution in [2.24, 2.45) is 5.73 Å². The lowest BCUT2D eigenvalue weighted by molar-refractivity contribution is -0.120. The van der Waals surface area contributed by atoms with E-state index in [-0.39, 0.29) is 17.6 Å². The number of aromatic nitrogens is 3. The third kappa shape index (κ3) is 4.35. The maximum Gasteiger partial charge on any atom is 0.233 e. The molecule has 3 N–H and O–H groups in total. The number of carbonyl (C=O) groups is 2. The molecular formula is C14H19N5O3S. The zero-order chi connectivity index (χ0) is 16.8. The third-order valence-electron chi connectivity index (χ3n) is 3.04. The van der Waals surface area contributed by atoms with Crippen LogP contribution in [-0.4, -0.2) is 38.4 Å². The number of amides is 2. The molecule has 0 bridgehead atoms. The van der Waals surface area contributed by atoms with E-state index in [1.807, 2.05) is 6.92 Å². The Morgan fingerprint density at radius 2 is 2.26 bits per heavy atom. The molecule has 23 heavy (non-hydrogen) atoms. The van der Waals surface area contributed by atoms with E-state index in [1.54, 1.807) is 23.6 Å². The van der Waals surface area contributed by atoms with Gasteiger partial charge in [0.2, 0.25) is 11.8 Å². The number of nitrogens with one attached hydrogen (secondary N) is 1. The van der Waals surface area contributed by atoms with Gasteiger partial charge in [0.1, 0.15) is 0 Å². The first-order chi connectivity index (χ1) is 11.0. The van der Waals surface area contributed by atoms with Gasteiger partial charge < -0.3 is 15.5 Å². The average molecular weight is 337 g/mol. The molecule has 2 aromatic heterocycles. The van der Waals surface area contributed by atoms with Crippen molar-refractivity contribution < 1.29 is 14.0 Å². The monoisotopic (exact) mass is 337 g/mol. The predicted molar refractivity (Wildman–Crippen MR) is 85.5 cm³/mol. The van der Waals surface area contributed by atoms with E-state index < -0.39 is 5.91 Å².